The molecule has 0 radical (unpaired) electrons. The topological polar surface area (TPSA) is 78.9 Å². The third kappa shape index (κ3) is 5.50. The van der Waals surface area contributed by atoms with Crippen molar-refractivity contribution in [2.24, 2.45) is 0 Å². The van der Waals surface area contributed by atoms with Crippen LogP contribution in [-0.2, 0) is 11.2 Å². The van der Waals surface area contributed by atoms with Crippen LogP contribution in [0.5, 0.6) is 0 Å². The quantitative estimate of drug-likeness (QED) is 0.715. The number of nitrogens with one attached hydrogen (secondary N) is 1. The molecule has 1 aliphatic rings. The van der Waals surface area contributed by atoms with Crippen LogP contribution in [0.2, 0.25) is 0 Å². The van der Waals surface area contributed by atoms with Gasteiger partial charge >= 0.3 is 6.09 Å². The number of benzene rings is 2. The van der Waals surface area contributed by atoms with Crippen LogP contribution >= 0.6 is 0 Å². The zero-order valence-electron chi connectivity index (χ0n) is 18.2. The Morgan fingerprint density at radius 2 is 1.94 bits per heavy atom. The van der Waals surface area contributed by atoms with Gasteiger partial charge in [0.05, 0.1) is 6.33 Å². The lowest BCUT2D eigenvalue weighted by Crippen LogP contribution is -2.37. The second-order valence-corrected chi connectivity index (χ2v) is 8.54. The van der Waals surface area contributed by atoms with E-state index < -0.39 is 17.8 Å². The van der Waals surface area contributed by atoms with Gasteiger partial charge in [0.15, 0.2) is 0 Å². The number of halogens is 2. The summed E-state index contributed by atoms with van der Waals surface area (Å²) in [6.07, 6.45) is -1.25. The van der Waals surface area contributed by atoms with E-state index in [2.05, 4.69) is 5.32 Å². The molecule has 8 heteroatoms. The van der Waals surface area contributed by atoms with E-state index in [4.69, 9.17) is 4.74 Å². The van der Waals surface area contributed by atoms with Crippen LogP contribution in [0.1, 0.15) is 48.4 Å². The monoisotopic (exact) mass is 444 g/mol. The molecule has 0 saturated carbocycles. The SMILES string of the molecule is CC(C)(C)OC(=O)NC/C(=C/F)C(O)c1ccc2c(c1)CCN(c1ccc(F)cc1)C2=O. The highest BCUT2D eigenvalue weighted by molar-refractivity contribution is 6.08. The van der Waals surface area contributed by atoms with E-state index in [0.29, 0.717) is 29.8 Å². The van der Waals surface area contributed by atoms with Crippen LogP contribution < -0.4 is 10.2 Å². The summed E-state index contributed by atoms with van der Waals surface area (Å²) >= 11 is 0. The average molecular weight is 444 g/mol. The molecule has 1 atom stereocenters. The number of hydrogen-bond donors (Lipinski definition) is 2. The van der Waals surface area contributed by atoms with Crippen molar-refractivity contribution in [1.29, 1.82) is 0 Å². The highest BCUT2D eigenvalue weighted by Crippen LogP contribution is 2.29. The van der Waals surface area contributed by atoms with Crippen molar-refractivity contribution in [1.82, 2.24) is 5.32 Å². The Labute approximate surface area is 185 Å². The number of anilines is 1. The molecule has 1 unspecified atom stereocenters. The van der Waals surface area contributed by atoms with Crippen LogP contribution in [0.3, 0.4) is 0 Å². The lowest BCUT2D eigenvalue weighted by molar-refractivity contribution is 0.0529. The predicted octanol–water partition coefficient (Wildman–Crippen LogP) is 4.44. The van der Waals surface area contributed by atoms with Gasteiger partial charge in [0.25, 0.3) is 5.91 Å². The standard InChI is InChI=1S/C24H26F2N2O4/c1-24(2,3)32-23(31)27-14-17(13-25)21(29)16-4-9-20-15(12-16)10-11-28(22(20)30)19-7-5-18(26)6-8-19/h4-9,12-13,21,29H,10-11,14H2,1-3H3,(H,27,31)/b17-13-. The number of rotatable bonds is 5. The van der Waals surface area contributed by atoms with E-state index in [9.17, 15) is 23.5 Å². The molecule has 170 valence electrons. The van der Waals surface area contributed by atoms with Gasteiger partial charge in [-0.2, -0.15) is 0 Å². The van der Waals surface area contributed by atoms with Gasteiger partial charge < -0.3 is 20.1 Å². The summed E-state index contributed by atoms with van der Waals surface area (Å²) in [5.41, 5.74) is 1.45. The molecule has 2 aromatic carbocycles. The summed E-state index contributed by atoms with van der Waals surface area (Å²) in [5.74, 6) is -0.609. The normalized spacial score (nSPS) is 15.2. The van der Waals surface area contributed by atoms with Crippen molar-refractivity contribution >= 4 is 17.7 Å². The molecule has 2 N–H and O–H groups in total. The Bertz CT molecular complexity index is 1030. The second kappa shape index (κ2) is 9.48. The zero-order valence-corrected chi connectivity index (χ0v) is 18.2. The van der Waals surface area contributed by atoms with Crippen molar-refractivity contribution in [2.45, 2.75) is 38.9 Å². The van der Waals surface area contributed by atoms with E-state index in [-0.39, 0.29) is 30.2 Å². The lowest BCUT2D eigenvalue weighted by atomic mass is 9.93. The van der Waals surface area contributed by atoms with Crippen LogP contribution in [0.25, 0.3) is 0 Å². The van der Waals surface area contributed by atoms with Crippen molar-refractivity contribution in [2.75, 3.05) is 18.0 Å². The lowest BCUT2D eigenvalue weighted by Gasteiger charge is -2.29. The van der Waals surface area contributed by atoms with Gasteiger partial charge in [0.2, 0.25) is 0 Å². The number of aliphatic hydroxyl groups excluding tert-OH is 1. The van der Waals surface area contributed by atoms with Crippen molar-refractivity contribution in [3.05, 3.63) is 76.9 Å². The maximum absolute atomic E-state index is 13.4. The molecule has 0 saturated heterocycles. The molecule has 1 aliphatic heterocycles. The number of hydrogen-bond acceptors (Lipinski definition) is 4. The van der Waals surface area contributed by atoms with Crippen molar-refractivity contribution in [3.8, 4) is 0 Å². The summed E-state index contributed by atoms with van der Waals surface area (Å²) < 4.78 is 31.7. The van der Waals surface area contributed by atoms with Gasteiger partial charge in [-0.05, 0) is 68.7 Å². The predicted molar refractivity (Wildman–Crippen MR) is 117 cm³/mol. The first-order valence-corrected chi connectivity index (χ1v) is 10.2. The number of ether oxygens (including phenoxy) is 1. The first-order chi connectivity index (χ1) is 15.1. The fourth-order valence-corrected chi connectivity index (χ4v) is 3.44. The molecule has 2 aromatic rings. The maximum Gasteiger partial charge on any atom is 0.407 e. The summed E-state index contributed by atoms with van der Waals surface area (Å²) in [6, 6.07) is 10.5. The number of carbonyl (C=O) groups excluding carboxylic acids is 2. The molecular weight excluding hydrogens is 418 g/mol. The minimum atomic E-state index is -1.30. The molecule has 3 rings (SSSR count). The third-order valence-electron chi connectivity index (χ3n) is 4.99. The van der Waals surface area contributed by atoms with Crippen LogP contribution in [0, 0.1) is 5.82 Å². The van der Waals surface area contributed by atoms with E-state index in [1.165, 1.54) is 12.1 Å². The van der Waals surface area contributed by atoms with Crippen LogP contribution in [-0.4, -0.2) is 35.8 Å². The minimum absolute atomic E-state index is 0.0501. The molecule has 0 spiro atoms. The van der Waals surface area contributed by atoms with E-state index in [0.717, 1.165) is 5.56 Å². The smallest absolute Gasteiger partial charge is 0.407 e. The minimum Gasteiger partial charge on any atom is -0.444 e. The van der Waals surface area contributed by atoms with Gasteiger partial charge in [-0.25, -0.2) is 13.6 Å². The number of carbonyl (C=O) groups is 2. The molecule has 0 bridgehead atoms. The Hall–Kier alpha value is -3.26. The number of amides is 2. The van der Waals surface area contributed by atoms with E-state index in [1.54, 1.807) is 56.0 Å². The van der Waals surface area contributed by atoms with Gasteiger partial charge in [-0.3, -0.25) is 4.79 Å². The van der Waals surface area contributed by atoms with E-state index in [1.807, 2.05) is 0 Å². The van der Waals surface area contributed by atoms with Gasteiger partial charge in [-0.1, -0.05) is 12.1 Å². The van der Waals surface area contributed by atoms with E-state index >= 15 is 0 Å². The average Bonchev–Trinajstić information content (AvgIpc) is 2.73. The molecule has 32 heavy (non-hydrogen) atoms. The van der Waals surface area contributed by atoms with Crippen LogP contribution in [0.4, 0.5) is 19.3 Å². The Balaban J connectivity index is 1.72. The number of fused-ring (bicyclic) bond motifs is 1. The molecule has 1 heterocycles. The third-order valence-corrected chi connectivity index (χ3v) is 4.99. The molecular formula is C24H26F2N2O4. The van der Waals surface area contributed by atoms with Crippen molar-refractivity contribution < 1.29 is 28.2 Å². The molecule has 0 aromatic heterocycles. The first kappa shape index (κ1) is 23.4. The van der Waals surface area contributed by atoms with Crippen molar-refractivity contribution in [3.63, 3.8) is 0 Å². The highest BCUT2D eigenvalue weighted by Gasteiger charge is 2.27. The summed E-state index contributed by atoms with van der Waals surface area (Å²) in [6.45, 7) is 5.28. The molecule has 6 nitrogen and oxygen atoms in total. The van der Waals surface area contributed by atoms with Gasteiger partial charge in [-0.15, -0.1) is 0 Å². The number of nitrogens with zero attached hydrogens (tertiary/aromatic N) is 1. The number of alkyl carbamates (subject to hydrolysis) is 1. The fraction of sp³-hybridized carbons (Fsp3) is 0.333. The number of aliphatic hydroxyl groups is 1. The molecule has 0 aliphatic carbocycles. The van der Waals surface area contributed by atoms with Gasteiger partial charge in [0.1, 0.15) is 17.5 Å². The van der Waals surface area contributed by atoms with Gasteiger partial charge in [0, 0.05) is 29.9 Å². The summed E-state index contributed by atoms with van der Waals surface area (Å²) in [4.78, 5) is 26.3. The Kier molecular flexibility index (Phi) is 6.93. The Morgan fingerprint density at radius 3 is 2.56 bits per heavy atom. The fourth-order valence-electron chi connectivity index (χ4n) is 3.44. The second-order valence-electron chi connectivity index (χ2n) is 8.54. The molecule has 0 fully saturated rings. The summed E-state index contributed by atoms with van der Waals surface area (Å²) in [7, 11) is 0. The summed E-state index contributed by atoms with van der Waals surface area (Å²) in [5, 5.41) is 13.0. The molecule has 2 amide bonds. The Morgan fingerprint density at radius 1 is 1.25 bits per heavy atom. The van der Waals surface area contributed by atoms with Crippen LogP contribution in [0.15, 0.2) is 54.4 Å². The highest BCUT2D eigenvalue weighted by atomic mass is 19.1. The largest absolute Gasteiger partial charge is 0.444 e. The maximum atomic E-state index is 13.4. The zero-order chi connectivity index (χ0) is 23.5. The first-order valence-electron chi connectivity index (χ1n) is 10.2.